The average molecular weight is 472 g/mol. The largest absolute Gasteiger partial charge is 0.491 e. The van der Waals surface area contributed by atoms with Crippen LogP contribution in [0.25, 0.3) is 11.1 Å². The molecule has 2 N–H and O–H groups in total. The molecule has 0 spiro atoms. The number of ether oxygens (including phenoxy) is 1. The first-order chi connectivity index (χ1) is 15.2. The standard InChI is InChI=1S/C25H23Cl2NO4/c1-15(2)32-19-6-3-5-18(14-19)17-11-9-16(10-12-17)13-22(25(30)31)28-24(29)23-20(26)7-4-8-21(23)27/h3-12,14-15,22H,13H2,1-2H3,(H,28,29)(H,30,31)/t22-/m0/s1. The molecule has 0 aromatic heterocycles. The molecule has 1 amide bonds. The number of halogens is 2. The molecule has 0 radical (unpaired) electrons. The van der Waals surface area contributed by atoms with Gasteiger partial charge in [0.2, 0.25) is 0 Å². The second kappa shape index (κ2) is 10.5. The minimum atomic E-state index is -1.15. The van der Waals surface area contributed by atoms with Gasteiger partial charge in [-0.25, -0.2) is 4.79 Å². The lowest BCUT2D eigenvalue weighted by Crippen LogP contribution is -2.42. The van der Waals surface area contributed by atoms with E-state index in [1.807, 2.05) is 62.4 Å². The molecule has 0 saturated carbocycles. The highest BCUT2D eigenvalue weighted by Crippen LogP contribution is 2.26. The van der Waals surface area contributed by atoms with Crippen LogP contribution in [-0.2, 0) is 11.2 Å². The number of carbonyl (C=O) groups excluding carboxylic acids is 1. The second-order valence-corrected chi connectivity index (χ2v) is 8.37. The zero-order valence-electron chi connectivity index (χ0n) is 17.6. The molecular formula is C25H23Cl2NO4. The van der Waals surface area contributed by atoms with E-state index < -0.39 is 17.9 Å². The van der Waals surface area contributed by atoms with E-state index in [-0.39, 0.29) is 28.1 Å². The number of carbonyl (C=O) groups is 2. The quantitative estimate of drug-likeness (QED) is 0.430. The summed E-state index contributed by atoms with van der Waals surface area (Å²) in [5, 5.41) is 12.4. The van der Waals surface area contributed by atoms with Crippen molar-refractivity contribution in [2.45, 2.75) is 32.4 Å². The fourth-order valence-corrected chi connectivity index (χ4v) is 3.80. The van der Waals surface area contributed by atoms with Crippen molar-refractivity contribution in [3.8, 4) is 16.9 Å². The van der Waals surface area contributed by atoms with E-state index >= 15 is 0 Å². The summed E-state index contributed by atoms with van der Waals surface area (Å²) in [6.07, 6.45) is 0.191. The van der Waals surface area contributed by atoms with Crippen LogP contribution in [0.1, 0.15) is 29.8 Å². The molecule has 0 heterocycles. The minimum Gasteiger partial charge on any atom is -0.491 e. The van der Waals surface area contributed by atoms with Crippen LogP contribution < -0.4 is 10.1 Å². The van der Waals surface area contributed by atoms with Crippen molar-refractivity contribution in [2.24, 2.45) is 0 Å². The number of rotatable bonds is 8. The van der Waals surface area contributed by atoms with Gasteiger partial charge < -0.3 is 15.2 Å². The van der Waals surface area contributed by atoms with Crippen LogP contribution in [0.4, 0.5) is 0 Å². The Morgan fingerprint density at radius 1 is 0.938 bits per heavy atom. The lowest BCUT2D eigenvalue weighted by molar-refractivity contribution is -0.139. The summed E-state index contributed by atoms with van der Waals surface area (Å²) < 4.78 is 5.74. The van der Waals surface area contributed by atoms with E-state index in [4.69, 9.17) is 27.9 Å². The Morgan fingerprint density at radius 3 is 2.16 bits per heavy atom. The highest BCUT2D eigenvalue weighted by atomic mass is 35.5. The molecule has 32 heavy (non-hydrogen) atoms. The number of carboxylic acid groups (broad SMARTS) is 1. The van der Waals surface area contributed by atoms with Crippen LogP contribution in [0.5, 0.6) is 5.75 Å². The normalized spacial score (nSPS) is 11.8. The van der Waals surface area contributed by atoms with Gasteiger partial charge in [0.05, 0.1) is 21.7 Å². The van der Waals surface area contributed by atoms with Gasteiger partial charge in [-0.2, -0.15) is 0 Å². The predicted octanol–water partition coefficient (Wildman–Crippen LogP) is 5.87. The van der Waals surface area contributed by atoms with E-state index in [1.165, 1.54) is 12.1 Å². The van der Waals surface area contributed by atoms with Gasteiger partial charge in [-0.1, -0.05) is 65.7 Å². The highest BCUT2D eigenvalue weighted by molar-refractivity contribution is 6.39. The van der Waals surface area contributed by atoms with Crippen molar-refractivity contribution in [1.82, 2.24) is 5.32 Å². The number of amides is 1. The van der Waals surface area contributed by atoms with Crippen molar-refractivity contribution < 1.29 is 19.4 Å². The molecule has 0 fully saturated rings. The first-order valence-electron chi connectivity index (χ1n) is 10.1. The van der Waals surface area contributed by atoms with Gasteiger partial charge in [0.1, 0.15) is 11.8 Å². The summed E-state index contributed by atoms with van der Waals surface area (Å²) in [6, 6.07) is 18.8. The lowest BCUT2D eigenvalue weighted by Gasteiger charge is -2.16. The smallest absolute Gasteiger partial charge is 0.326 e. The summed E-state index contributed by atoms with van der Waals surface area (Å²) in [6.45, 7) is 3.94. The van der Waals surface area contributed by atoms with Crippen molar-refractivity contribution in [3.63, 3.8) is 0 Å². The SMILES string of the molecule is CC(C)Oc1cccc(-c2ccc(C[C@H](NC(=O)c3c(Cl)cccc3Cl)C(=O)O)cc2)c1. The monoisotopic (exact) mass is 471 g/mol. The molecule has 0 bridgehead atoms. The van der Waals surface area contributed by atoms with Crippen LogP contribution in [0.15, 0.2) is 66.7 Å². The molecule has 3 rings (SSSR count). The van der Waals surface area contributed by atoms with E-state index in [0.29, 0.717) is 0 Å². The van der Waals surface area contributed by atoms with Crippen LogP contribution in [0, 0.1) is 0 Å². The Hall–Kier alpha value is -3.02. The summed E-state index contributed by atoms with van der Waals surface area (Å²) in [7, 11) is 0. The fraction of sp³-hybridized carbons (Fsp3) is 0.200. The molecule has 0 aliphatic carbocycles. The van der Waals surface area contributed by atoms with Crippen LogP contribution in [0.3, 0.4) is 0 Å². The summed E-state index contributed by atoms with van der Waals surface area (Å²) in [5.41, 5.74) is 2.79. The summed E-state index contributed by atoms with van der Waals surface area (Å²) in [4.78, 5) is 24.3. The number of hydrogen-bond donors (Lipinski definition) is 2. The Morgan fingerprint density at radius 2 is 1.56 bits per heavy atom. The van der Waals surface area contributed by atoms with Gasteiger partial charge in [-0.05, 0) is 54.8 Å². The van der Waals surface area contributed by atoms with E-state index in [0.717, 1.165) is 22.4 Å². The maximum absolute atomic E-state index is 12.6. The Balaban J connectivity index is 1.74. The van der Waals surface area contributed by atoms with Crippen molar-refractivity contribution >= 4 is 35.1 Å². The predicted molar refractivity (Wildman–Crippen MR) is 127 cm³/mol. The number of hydrogen-bond acceptors (Lipinski definition) is 3. The maximum atomic E-state index is 12.6. The zero-order chi connectivity index (χ0) is 23.3. The number of aliphatic carboxylic acids is 1. The van der Waals surface area contributed by atoms with Gasteiger partial charge in [0.25, 0.3) is 5.91 Å². The number of nitrogens with one attached hydrogen (secondary N) is 1. The first kappa shape index (κ1) is 23.6. The van der Waals surface area contributed by atoms with E-state index in [9.17, 15) is 14.7 Å². The average Bonchev–Trinajstić information content (AvgIpc) is 2.73. The van der Waals surface area contributed by atoms with Gasteiger partial charge in [0.15, 0.2) is 0 Å². The molecule has 7 heteroatoms. The van der Waals surface area contributed by atoms with Crippen LogP contribution in [0.2, 0.25) is 10.0 Å². The molecule has 3 aromatic rings. The molecule has 1 atom stereocenters. The number of benzene rings is 3. The van der Waals surface area contributed by atoms with Gasteiger partial charge in [-0.15, -0.1) is 0 Å². The second-order valence-electron chi connectivity index (χ2n) is 7.56. The molecule has 0 aliphatic heterocycles. The molecule has 0 aliphatic rings. The third-order valence-corrected chi connectivity index (χ3v) is 5.36. The fourth-order valence-electron chi connectivity index (χ4n) is 3.24. The summed E-state index contributed by atoms with van der Waals surface area (Å²) in [5.74, 6) is -0.996. The minimum absolute atomic E-state index is 0.0564. The van der Waals surface area contributed by atoms with Crippen LogP contribution in [-0.4, -0.2) is 29.1 Å². The molecule has 0 saturated heterocycles. The topological polar surface area (TPSA) is 75.6 Å². The van der Waals surface area contributed by atoms with Gasteiger partial charge >= 0.3 is 5.97 Å². The lowest BCUT2D eigenvalue weighted by atomic mass is 10.00. The molecule has 3 aromatic carbocycles. The Bertz CT molecular complexity index is 1090. The van der Waals surface area contributed by atoms with E-state index in [1.54, 1.807) is 6.07 Å². The van der Waals surface area contributed by atoms with Gasteiger partial charge in [-0.3, -0.25) is 4.79 Å². The Kier molecular flexibility index (Phi) is 7.78. The van der Waals surface area contributed by atoms with Crippen molar-refractivity contribution in [2.75, 3.05) is 0 Å². The Labute approximate surface area is 196 Å². The highest BCUT2D eigenvalue weighted by Gasteiger charge is 2.23. The number of carboxylic acids is 1. The third-order valence-electron chi connectivity index (χ3n) is 4.73. The van der Waals surface area contributed by atoms with Crippen molar-refractivity contribution in [3.05, 3.63) is 87.9 Å². The zero-order valence-corrected chi connectivity index (χ0v) is 19.2. The molecule has 0 unspecified atom stereocenters. The third kappa shape index (κ3) is 6.02. The molecule has 5 nitrogen and oxygen atoms in total. The molecule has 166 valence electrons. The molecular weight excluding hydrogens is 449 g/mol. The van der Waals surface area contributed by atoms with Crippen LogP contribution >= 0.6 is 23.2 Å². The van der Waals surface area contributed by atoms with Crippen molar-refractivity contribution in [1.29, 1.82) is 0 Å². The summed E-state index contributed by atoms with van der Waals surface area (Å²) >= 11 is 12.1. The van der Waals surface area contributed by atoms with Gasteiger partial charge in [0, 0.05) is 6.42 Å². The first-order valence-corrected chi connectivity index (χ1v) is 10.8. The maximum Gasteiger partial charge on any atom is 0.326 e. The van der Waals surface area contributed by atoms with E-state index in [2.05, 4.69) is 5.32 Å².